The number of aromatic nitrogens is 2. The van der Waals surface area contributed by atoms with E-state index in [-0.39, 0.29) is 0 Å². The molecule has 1 heterocycles. The molecule has 0 amide bonds. The average Bonchev–Trinajstić information content (AvgIpc) is 2.97. The fraction of sp³-hybridized carbons (Fsp3) is 0.350. The molecule has 0 saturated carbocycles. The topological polar surface area (TPSA) is 17.8 Å². The van der Waals surface area contributed by atoms with Crippen LogP contribution < -0.4 is 0 Å². The highest BCUT2D eigenvalue weighted by Crippen LogP contribution is 2.32. The molecule has 1 aromatic carbocycles. The molecular formula is C20H26N2. The van der Waals surface area contributed by atoms with Crippen LogP contribution in [0.1, 0.15) is 34.6 Å². The SMILES string of the molecule is C=C(/C(=C(\C)C(C)C)n1ccnc1-c1ccccc1)C(C)C. The molecule has 0 N–H and O–H groups in total. The van der Waals surface area contributed by atoms with Gasteiger partial charge in [0.2, 0.25) is 0 Å². The van der Waals surface area contributed by atoms with Gasteiger partial charge in [-0.3, -0.25) is 4.57 Å². The Morgan fingerprint density at radius 3 is 2.23 bits per heavy atom. The van der Waals surface area contributed by atoms with E-state index in [1.807, 2.05) is 30.6 Å². The van der Waals surface area contributed by atoms with Crippen LogP contribution in [-0.4, -0.2) is 9.55 Å². The van der Waals surface area contributed by atoms with Gasteiger partial charge in [-0.15, -0.1) is 0 Å². The van der Waals surface area contributed by atoms with Gasteiger partial charge >= 0.3 is 0 Å². The molecule has 0 aliphatic rings. The average molecular weight is 294 g/mol. The summed E-state index contributed by atoms with van der Waals surface area (Å²) in [6.07, 6.45) is 3.90. The van der Waals surface area contributed by atoms with Crippen LogP contribution >= 0.6 is 0 Å². The molecule has 0 atom stereocenters. The van der Waals surface area contributed by atoms with Gasteiger partial charge in [0.05, 0.1) is 0 Å². The van der Waals surface area contributed by atoms with Gasteiger partial charge in [0.15, 0.2) is 0 Å². The Morgan fingerprint density at radius 1 is 1.05 bits per heavy atom. The molecule has 0 aliphatic carbocycles. The smallest absolute Gasteiger partial charge is 0.144 e. The minimum atomic E-state index is 0.398. The Hall–Kier alpha value is -2.09. The Morgan fingerprint density at radius 2 is 1.68 bits per heavy atom. The predicted octanol–water partition coefficient (Wildman–Crippen LogP) is 5.65. The van der Waals surface area contributed by atoms with Crippen molar-refractivity contribution in [2.45, 2.75) is 34.6 Å². The molecular weight excluding hydrogens is 268 g/mol. The highest BCUT2D eigenvalue weighted by molar-refractivity contribution is 5.72. The normalized spacial score (nSPS) is 12.7. The number of hydrogen-bond acceptors (Lipinski definition) is 1. The van der Waals surface area contributed by atoms with Crippen LogP contribution in [-0.2, 0) is 0 Å². The minimum Gasteiger partial charge on any atom is -0.300 e. The first kappa shape index (κ1) is 16.3. The number of allylic oxidation sites excluding steroid dienone is 3. The number of hydrogen-bond donors (Lipinski definition) is 0. The molecule has 22 heavy (non-hydrogen) atoms. The monoisotopic (exact) mass is 294 g/mol. The molecule has 0 aliphatic heterocycles. The zero-order valence-electron chi connectivity index (χ0n) is 14.3. The van der Waals surface area contributed by atoms with E-state index < -0.39 is 0 Å². The molecule has 0 spiro atoms. The number of nitrogens with zero attached hydrogens (tertiary/aromatic N) is 2. The number of benzene rings is 1. The van der Waals surface area contributed by atoms with Crippen molar-refractivity contribution in [1.82, 2.24) is 9.55 Å². The Labute approximate surface area is 134 Å². The van der Waals surface area contributed by atoms with Crippen LogP contribution in [0.25, 0.3) is 17.1 Å². The van der Waals surface area contributed by atoms with Gasteiger partial charge in [-0.2, -0.15) is 0 Å². The molecule has 2 rings (SSSR count). The summed E-state index contributed by atoms with van der Waals surface area (Å²) in [6, 6.07) is 10.3. The van der Waals surface area contributed by atoms with E-state index in [0.29, 0.717) is 11.8 Å². The zero-order chi connectivity index (χ0) is 16.3. The first-order valence-electron chi connectivity index (χ1n) is 7.92. The molecule has 0 fully saturated rings. The van der Waals surface area contributed by atoms with Crippen molar-refractivity contribution >= 4 is 5.70 Å². The molecule has 1 aromatic heterocycles. The predicted molar refractivity (Wildman–Crippen MR) is 95.4 cm³/mol. The quantitative estimate of drug-likeness (QED) is 0.652. The third-order valence-corrected chi connectivity index (χ3v) is 4.15. The summed E-state index contributed by atoms with van der Waals surface area (Å²) >= 11 is 0. The Balaban J connectivity index is 2.63. The van der Waals surface area contributed by atoms with Gasteiger partial charge in [0.1, 0.15) is 5.82 Å². The van der Waals surface area contributed by atoms with Gasteiger partial charge in [0, 0.05) is 23.7 Å². The van der Waals surface area contributed by atoms with E-state index in [0.717, 1.165) is 17.0 Å². The van der Waals surface area contributed by atoms with Crippen molar-refractivity contribution in [3.63, 3.8) is 0 Å². The third-order valence-electron chi connectivity index (χ3n) is 4.15. The van der Waals surface area contributed by atoms with Crippen LogP contribution in [0.2, 0.25) is 0 Å². The fourth-order valence-electron chi connectivity index (χ4n) is 2.43. The van der Waals surface area contributed by atoms with Crippen LogP contribution in [0.5, 0.6) is 0 Å². The van der Waals surface area contributed by atoms with E-state index in [1.54, 1.807) is 0 Å². The van der Waals surface area contributed by atoms with Gasteiger partial charge in [-0.05, 0) is 29.9 Å². The highest BCUT2D eigenvalue weighted by atomic mass is 15.1. The maximum Gasteiger partial charge on any atom is 0.144 e. The summed E-state index contributed by atoms with van der Waals surface area (Å²) in [6.45, 7) is 15.4. The maximum absolute atomic E-state index is 4.58. The summed E-state index contributed by atoms with van der Waals surface area (Å²) in [5.41, 5.74) is 4.81. The molecule has 0 radical (unpaired) electrons. The van der Waals surface area contributed by atoms with Crippen molar-refractivity contribution in [1.29, 1.82) is 0 Å². The fourth-order valence-corrected chi connectivity index (χ4v) is 2.43. The van der Waals surface area contributed by atoms with Crippen molar-refractivity contribution in [2.24, 2.45) is 11.8 Å². The van der Waals surface area contributed by atoms with Crippen LogP contribution in [0.4, 0.5) is 0 Å². The van der Waals surface area contributed by atoms with E-state index >= 15 is 0 Å². The van der Waals surface area contributed by atoms with Crippen molar-refractivity contribution in [3.05, 3.63) is 60.5 Å². The molecule has 2 heteroatoms. The van der Waals surface area contributed by atoms with E-state index in [1.165, 1.54) is 11.3 Å². The first-order valence-corrected chi connectivity index (χ1v) is 7.92. The summed E-state index contributed by atoms with van der Waals surface area (Å²) in [4.78, 5) is 4.58. The number of imidazole rings is 1. The third kappa shape index (κ3) is 3.22. The van der Waals surface area contributed by atoms with Crippen molar-refractivity contribution in [3.8, 4) is 11.4 Å². The molecule has 0 unspecified atom stereocenters. The van der Waals surface area contributed by atoms with Gasteiger partial charge < -0.3 is 0 Å². The van der Waals surface area contributed by atoms with Gasteiger partial charge in [-0.1, -0.05) is 64.6 Å². The molecule has 2 nitrogen and oxygen atoms in total. The largest absolute Gasteiger partial charge is 0.300 e. The van der Waals surface area contributed by atoms with E-state index in [9.17, 15) is 0 Å². The maximum atomic E-state index is 4.58. The van der Waals surface area contributed by atoms with E-state index in [2.05, 4.69) is 62.9 Å². The lowest BCUT2D eigenvalue weighted by molar-refractivity contribution is 0.742. The summed E-state index contributed by atoms with van der Waals surface area (Å²) in [7, 11) is 0. The van der Waals surface area contributed by atoms with Crippen molar-refractivity contribution in [2.75, 3.05) is 0 Å². The first-order chi connectivity index (χ1) is 10.4. The number of rotatable bonds is 5. The Bertz CT molecular complexity index is 673. The summed E-state index contributed by atoms with van der Waals surface area (Å²) in [5.74, 6) is 1.84. The van der Waals surface area contributed by atoms with Gasteiger partial charge in [-0.25, -0.2) is 4.98 Å². The lowest BCUT2D eigenvalue weighted by atomic mass is 9.93. The second-order valence-electron chi connectivity index (χ2n) is 6.35. The second-order valence-corrected chi connectivity index (χ2v) is 6.35. The van der Waals surface area contributed by atoms with Gasteiger partial charge in [0.25, 0.3) is 0 Å². The summed E-state index contributed by atoms with van der Waals surface area (Å²) in [5, 5.41) is 0. The minimum absolute atomic E-state index is 0.398. The molecule has 116 valence electrons. The molecule has 0 bridgehead atoms. The van der Waals surface area contributed by atoms with Crippen molar-refractivity contribution < 1.29 is 0 Å². The van der Waals surface area contributed by atoms with Crippen LogP contribution in [0.15, 0.2) is 60.5 Å². The highest BCUT2D eigenvalue weighted by Gasteiger charge is 2.18. The second kappa shape index (κ2) is 6.78. The van der Waals surface area contributed by atoms with Crippen LogP contribution in [0.3, 0.4) is 0 Å². The summed E-state index contributed by atoms with van der Waals surface area (Å²) < 4.78 is 2.19. The lowest BCUT2D eigenvalue weighted by Gasteiger charge is -2.22. The van der Waals surface area contributed by atoms with Crippen LogP contribution in [0, 0.1) is 11.8 Å². The molecule has 2 aromatic rings. The molecule has 0 saturated heterocycles. The lowest BCUT2D eigenvalue weighted by Crippen LogP contribution is -2.09. The standard InChI is InChI=1S/C20H26N2/c1-14(2)16(5)19(17(6)15(3)4)22-13-12-21-20(22)18-10-8-7-9-11-18/h7-15H,5H2,1-4,6H3/b19-17-. The van der Waals surface area contributed by atoms with E-state index in [4.69, 9.17) is 0 Å². The zero-order valence-corrected chi connectivity index (χ0v) is 14.3. The Kier molecular flexibility index (Phi) is 5.02.